The molecule has 170 valence electrons. The second-order valence-electron chi connectivity index (χ2n) is 8.03. The molecule has 2 aromatic carbocycles. The average molecular weight is 474 g/mol. The number of hydrogen-bond acceptors (Lipinski definition) is 8. The third kappa shape index (κ3) is 3.41. The minimum atomic E-state index is -1.39. The van der Waals surface area contributed by atoms with Crippen molar-refractivity contribution in [1.29, 1.82) is 0 Å². The summed E-state index contributed by atoms with van der Waals surface area (Å²) < 4.78 is 5.70. The zero-order chi connectivity index (χ0) is 24.1. The SMILES string of the molecule is CC(=O)c1sc(N2C(=O)C(=O)C(C(=O)c3cc4ccccc4o3)C2c2ccc(O)cc2)nc1C. The van der Waals surface area contributed by atoms with Crippen LogP contribution in [0, 0.1) is 12.8 Å². The van der Waals surface area contributed by atoms with Crippen LogP contribution >= 0.6 is 11.3 Å². The molecule has 1 N–H and O–H groups in total. The van der Waals surface area contributed by atoms with Crippen LogP contribution in [0.1, 0.15) is 44.4 Å². The molecular weight excluding hydrogens is 456 g/mol. The van der Waals surface area contributed by atoms with Crippen molar-refractivity contribution >= 4 is 50.7 Å². The molecule has 0 saturated carbocycles. The highest BCUT2D eigenvalue weighted by atomic mass is 32.1. The minimum absolute atomic E-state index is 0.00457. The molecule has 1 aliphatic heterocycles. The van der Waals surface area contributed by atoms with Crippen LogP contribution in [0.5, 0.6) is 5.75 Å². The summed E-state index contributed by atoms with van der Waals surface area (Å²) in [6.07, 6.45) is 0. The highest BCUT2D eigenvalue weighted by Crippen LogP contribution is 2.43. The number of nitrogens with zero attached hydrogens (tertiary/aromatic N) is 2. The zero-order valence-electron chi connectivity index (χ0n) is 18.1. The van der Waals surface area contributed by atoms with Gasteiger partial charge in [-0.15, -0.1) is 0 Å². The van der Waals surface area contributed by atoms with Gasteiger partial charge < -0.3 is 9.52 Å². The number of furan rings is 1. The molecule has 1 fully saturated rings. The number of carbonyl (C=O) groups is 4. The first-order chi connectivity index (χ1) is 16.3. The molecule has 2 atom stereocenters. The van der Waals surface area contributed by atoms with E-state index in [1.54, 1.807) is 49.4 Å². The third-order valence-electron chi connectivity index (χ3n) is 5.80. The van der Waals surface area contributed by atoms with Gasteiger partial charge >= 0.3 is 0 Å². The number of amides is 1. The molecule has 2 aromatic heterocycles. The third-order valence-corrected chi connectivity index (χ3v) is 7.06. The maximum Gasteiger partial charge on any atom is 0.297 e. The Kier molecular flexibility index (Phi) is 5.13. The van der Waals surface area contributed by atoms with Crippen molar-refractivity contribution in [2.75, 3.05) is 4.90 Å². The lowest BCUT2D eigenvalue weighted by molar-refractivity contribution is -0.135. The Balaban J connectivity index is 1.65. The quantitative estimate of drug-likeness (QED) is 0.261. The molecule has 5 rings (SSSR count). The predicted octanol–water partition coefficient (Wildman–Crippen LogP) is 4.26. The number of carbonyl (C=O) groups excluding carboxylic acids is 4. The van der Waals surface area contributed by atoms with Gasteiger partial charge in [-0.05, 0) is 36.8 Å². The Morgan fingerprint density at radius 3 is 2.44 bits per heavy atom. The lowest BCUT2D eigenvalue weighted by atomic mass is 9.88. The van der Waals surface area contributed by atoms with Gasteiger partial charge in [0.25, 0.3) is 5.91 Å². The normalized spacial score (nSPS) is 18.1. The molecule has 1 aliphatic rings. The lowest BCUT2D eigenvalue weighted by Crippen LogP contribution is -2.30. The van der Waals surface area contributed by atoms with Crippen molar-refractivity contribution in [3.63, 3.8) is 0 Å². The van der Waals surface area contributed by atoms with Gasteiger partial charge in [0.1, 0.15) is 17.3 Å². The molecular formula is C25H18N2O6S. The van der Waals surface area contributed by atoms with Crippen LogP contribution in [0.4, 0.5) is 5.13 Å². The van der Waals surface area contributed by atoms with Gasteiger partial charge in [0.15, 0.2) is 16.7 Å². The first kappa shape index (κ1) is 21.7. The van der Waals surface area contributed by atoms with Crippen molar-refractivity contribution in [1.82, 2.24) is 4.98 Å². The lowest BCUT2D eigenvalue weighted by Gasteiger charge is -2.24. The van der Waals surface area contributed by atoms with Crippen LogP contribution in [0.15, 0.2) is 59.0 Å². The van der Waals surface area contributed by atoms with E-state index in [4.69, 9.17) is 4.42 Å². The van der Waals surface area contributed by atoms with E-state index in [9.17, 15) is 24.3 Å². The monoisotopic (exact) mass is 474 g/mol. The molecule has 8 nitrogen and oxygen atoms in total. The first-order valence-corrected chi connectivity index (χ1v) is 11.3. The van der Waals surface area contributed by atoms with Crippen molar-refractivity contribution in [3.8, 4) is 5.75 Å². The van der Waals surface area contributed by atoms with Gasteiger partial charge in [-0.2, -0.15) is 0 Å². The number of aromatic nitrogens is 1. The summed E-state index contributed by atoms with van der Waals surface area (Å²) in [5.74, 6) is -4.04. The van der Waals surface area contributed by atoms with Crippen molar-refractivity contribution in [2.45, 2.75) is 19.9 Å². The highest BCUT2D eigenvalue weighted by molar-refractivity contribution is 7.18. The standard InChI is InChI=1S/C25H18N2O6S/c1-12-23(13(2)28)34-25(26-12)27-20(14-7-9-16(29)10-8-14)19(22(31)24(27)32)21(30)18-11-15-5-3-4-6-17(15)33-18/h3-11,19-20,29H,1-2H3. The molecule has 0 aliphatic carbocycles. The number of anilines is 1. The largest absolute Gasteiger partial charge is 0.508 e. The van der Waals surface area contributed by atoms with Crippen LogP contribution in [-0.4, -0.2) is 33.3 Å². The van der Waals surface area contributed by atoms with E-state index < -0.39 is 29.4 Å². The number of hydrogen-bond donors (Lipinski definition) is 1. The number of thiazole rings is 1. The van der Waals surface area contributed by atoms with Crippen molar-refractivity contribution in [3.05, 3.63) is 76.5 Å². The first-order valence-electron chi connectivity index (χ1n) is 10.4. The molecule has 3 heterocycles. The second kappa shape index (κ2) is 8.03. The Labute approximate surface area is 197 Å². The number of aromatic hydroxyl groups is 1. The van der Waals surface area contributed by atoms with Crippen LogP contribution < -0.4 is 4.90 Å². The topological polar surface area (TPSA) is 118 Å². The summed E-state index contributed by atoms with van der Waals surface area (Å²) in [6.45, 7) is 3.04. The van der Waals surface area contributed by atoms with Crippen LogP contribution in [0.25, 0.3) is 11.0 Å². The fraction of sp³-hybridized carbons (Fsp3) is 0.160. The van der Waals surface area contributed by atoms with E-state index in [-0.39, 0.29) is 22.4 Å². The minimum Gasteiger partial charge on any atom is -0.508 e. The van der Waals surface area contributed by atoms with Gasteiger partial charge in [0.2, 0.25) is 11.6 Å². The smallest absolute Gasteiger partial charge is 0.297 e. The number of rotatable bonds is 5. The number of ketones is 3. The number of aryl methyl sites for hydroxylation is 1. The molecule has 9 heteroatoms. The van der Waals surface area contributed by atoms with E-state index >= 15 is 0 Å². The molecule has 0 spiro atoms. The number of fused-ring (bicyclic) bond motifs is 1. The highest BCUT2D eigenvalue weighted by Gasteiger charge is 2.54. The summed E-state index contributed by atoms with van der Waals surface area (Å²) >= 11 is 0.994. The summed E-state index contributed by atoms with van der Waals surface area (Å²) in [5.41, 5.74) is 1.38. The number of para-hydroxylation sites is 1. The second-order valence-corrected chi connectivity index (χ2v) is 9.01. The average Bonchev–Trinajstić information content (AvgIpc) is 3.48. The van der Waals surface area contributed by atoms with E-state index in [1.165, 1.54) is 24.0 Å². The molecule has 2 unspecified atom stereocenters. The zero-order valence-corrected chi connectivity index (χ0v) is 19.0. The Hall–Kier alpha value is -4.11. The Morgan fingerprint density at radius 1 is 1.09 bits per heavy atom. The fourth-order valence-corrected chi connectivity index (χ4v) is 5.22. The molecule has 0 bridgehead atoms. The fourth-order valence-electron chi connectivity index (χ4n) is 4.22. The van der Waals surface area contributed by atoms with E-state index in [0.29, 0.717) is 27.1 Å². The molecule has 0 radical (unpaired) electrons. The van der Waals surface area contributed by atoms with E-state index in [1.807, 2.05) is 0 Å². The van der Waals surface area contributed by atoms with E-state index in [2.05, 4.69) is 4.98 Å². The van der Waals surface area contributed by atoms with Gasteiger partial charge in [0, 0.05) is 12.3 Å². The summed E-state index contributed by atoms with van der Waals surface area (Å²) in [6, 6.07) is 13.5. The maximum absolute atomic E-state index is 13.6. The van der Waals surface area contributed by atoms with Crippen LogP contribution in [0.2, 0.25) is 0 Å². The van der Waals surface area contributed by atoms with Gasteiger partial charge in [-0.3, -0.25) is 24.1 Å². The number of Topliss-reactive ketones (excluding diaryl/α,β-unsaturated/α-hetero) is 3. The van der Waals surface area contributed by atoms with Crippen LogP contribution in [0.3, 0.4) is 0 Å². The van der Waals surface area contributed by atoms with Crippen molar-refractivity contribution < 1.29 is 28.7 Å². The number of phenolic OH excluding ortho intramolecular Hbond substituents is 1. The van der Waals surface area contributed by atoms with Gasteiger partial charge in [-0.1, -0.05) is 41.7 Å². The predicted molar refractivity (Wildman–Crippen MR) is 124 cm³/mol. The number of benzene rings is 2. The maximum atomic E-state index is 13.6. The molecule has 34 heavy (non-hydrogen) atoms. The van der Waals surface area contributed by atoms with E-state index in [0.717, 1.165) is 11.3 Å². The summed E-state index contributed by atoms with van der Waals surface area (Å²) in [7, 11) is 0. The molecule has 1 amide bonds. The summed E-state index contributed by atoms with van der Waals surface area (Å²) in [4.78, 5) is 57.8. The number of phenols is 1. The van der Waals surface area contributed by atoms with Crippen molar-refractivity contribution in [2.24, 2.45) is 5.92 Å². The van der Waals surface area contributed by atoms with Gasteiger partial charge in [0.05, 0.1) is 16.6 Å². The molecule has 1 saturated heterocycles. The van der Waals surface area contributed by atoms with Gasteiger partial charge in [-0.25, -0.2) is 4.98 Å². The Bertz CT molecular complexity index is 1450. The Morgan fingerprint density at radius 2 is 1.79 bits per heavy atom. The van der Waals surface area contributed by atoms with Crippen LogP contribution in [-0.2, 0) is 9.59 Å². The summed E-state index contributed by atoms with van der Waals surface area (Å²) in [5, 5.41) is 10.6. The molecule has 4 aromatic rings.